The van der Waals surface area contributed by atoms with Crippen molar-refractivity contribution in [2.75, 3.05) is 23.4 Å². The van der Waals surface area contributed by atoms with Crippen LogP contribution in [0.15, 0.2) is 24.3 Å². The number of carbonyl (C=O) groups is 3. The summed E-state index contributed by atoms with van der Waals surface area (Å²) in [6.07, 6.45) is 1.08. The zero-order valence-electron chi connectivity index (χ0n) is 16.2. The molecule has 3 rings (SSSR count). The average molecular weight is 401 g/mol. The van der Waals surface area contributed by atoms with Crippen molar-refractivity contribution < 1.29 is 19.1 Å². The van der Waals surface area contributed by atoms with Gasteiger partial charge < -0.3 is 15.0 Å². The third-order valence-electron chi connectivity index (χ3n) is 4.64. The van der Waals surface area contributed by atoms with E-state index in [9.17, 15) is 14.4 Å². The second-order valence-corrected chi connectivity index (χ2v) is 7.57. The van der Waals surface area contributed by atoms with Crippen LogP contribution in [0.25, 0.3) is 0 Å². The average Bonchev–Trinajstić information content (AvgIpc) is 3.24. The maximum absolute atomic E-state index is 12.6. The maximum atomic E-state index is 12.6. The van der Waals surface area contributed by atoms with E-state index in [0.29, 0.717) is 22.2 Å². The number of aryl methyl sites for hydroxylation is 2. The number of aromatic nitrogens is 1. The highest BCUT2D eigenvalue weighted by Gasteiger charge is 2.35. The number of esters is 1. The second-order valence-electron chi connectivity index (χ2n) is 6.57. The highest BCUT2D eigenvalue weighted by Crippen LogP contribution is 2.28. The van der Waals surface area contributed by atoms with Crippen molar-refractivity contribution in [2.24, 2.45) is 5.92 Å². The Kier molecular flexibility index (Phi) is 6.08. The number of hydrogen-bond acceptors (Lipinski definition) is 6. The molecule has 2 amide bonds. The van der Waals surface area contributed by atoms with Gasteiger partial charge in [0.05, 0.1) is 18.2 Å². The largest absolute Gasteiger partial charge is 0.462 e. The van der Waals surface area contributed by atoms with Gasteiger partial charge in [-0.2, -0.15) is 0 Å². The molecule has 7 nitrogen and oxygen atoms in total. The third-order valence-corrected chi connectivity index (χ3v) is 5.69. The topological polar surface area (TPSA) is 88.6 Å². The lowest BCUT2D eigenvalue weighted by atomic mass is 10.1. The lowest BCUT2D eigenvalue weighted by Gasteiger charge is -2.17. The van der Waals surface area contributed by atoms with Crippen LogP contribution in [-0.4, -0.2) is 35.9 Å². The molecule has 1 aliphatic heterocycles. The molecule has 0 unspecified atom stereocenters. The fourth-order valence-corrected chi connectivity index (χ4v) is 3.95. The van der Waals surface area contributed by atoms with Gasteiger partial charge in [-0.3, -0.25) is 9.59 Å². The van der Waals surface area contributed by atoms with Crippen molar-refractivity contribution in [3.05, 3.63) is 40.4 Å². The number of thiazole rings is 1. The number of anilines is 2. The molecular formula is C20H23N3O4S. The Morgan fingerprint density at radius 1 is 1.29 bits per heavy atom. The van der Waals surface area contributed by atoms with E-state index in [1.54, 1.807) is 18.7 Å². The molecule has 0 radical (unpaired) electrons. The van der Waals surface area contributed by atoms with Crippen molar-refractivity contribution >= 4 is 39.9 Å². The van der Waals surface area contributed by atoms with Gasteiger partial charge in [-0.25, -0.2) is 9.78 Å². The molecule has 1 aliphatic rings. The quantitative estimate of drug-likeness (QED) is 0.751. The summed E-state index contributed by atoms with van der Waals surface area (Å²) in [5.41, 5.74) is 2.51. The highest BCUT2D eigenvalue weighted by atomic mass is 32.1. The van der Waals surface area contributed by atoms with Gasteiger partial charge in [0.2, 0.25) is 11.8 Å². The molecule has 0 saturated carbocycles. The summed E-state index contributed by atoms with van der Waals surface area (Å²) in [7, 11) is 0. The molecule has 1 fully saturated rings. The van der Waals surface area contributed by atoms with E-state index in [-0.39, 0.29) is 24.8 Å². The molecule has 0 aliphatic carbocycles. The Hall–Kier alpha value is -2.74. The van der Waals surface area contributed by atoms with E-state index in [1.165, 1.54) is 5.56 Å². The van der Waals surface area contributed by atoms with Gasteiger partial charge in [-0.05, 0) is 38.0 Å². The van der Waals surface area contributed by atoms with Crippen molar-refractivity contribution in [3.63, 3.8) is 0 Å². The first-order valence-corrected chi connectivity index (χ1v) is 10.1. The van der Waals surface area contributed by atoms with Crippen molar-refractivity contribution in [2.45, 2.75) is 33.6 Å². The first kappa shape index (κ1) is 20.0. The monoisotopic (exact) mass is 401 g/mol. The van der Waals surface area contributed by atoms with Crippen LogP contribution in [0.1, 0.15) is 41.2 Å². The van der Waals surface area contributed by atoms with Gasteiger partial charge in [0, 0.05) is 18.7 Å². The molecule has 28 heavy (non-hydrogen) atoms. The molecule has 1 aromatic carbocycles. The van der Waals surface area contributed by atoms with Crippen LogP contribution >= 0.6 is 11.3 Å². The zero-order valence-corrected chi connectivity index (χ0v) is 17.0. The van der Waals surface area contributed by atoms with Gasteiger partial charge in [0.15, 0.2) is 5.13 Å². The van der Waals surface area contributed by atoms with E-state index < -0.39 is 11.9 Å². The molecule has 0 spiro atoms. The molecule has 0 bridgehead atoms. The minimum Gasteiger partial charge on any atom is -0.462 e. The first-order valence-electron chi connectivity index (χ1n) is 9.27. The van der Waals surface area contributed by atoms with E-state index in [0.717, 1.165) is 23.4 Å². The SMILES string of the molecule is CCOC(=O)c1sc(NC(=O)[C@@H]2CC(=O)N(c3ccc(CC)cc3)C2)nc1C. The summed E-state index contributed by atoms with van der Waals surface area (Å²) in [5.74, 6) is -1.26. The van der Waals surface area contributed by atoms with Gasteiger partial charge in [-0.15, -0.1) is 0 Å². The second kappa shape index (κ2) is 8.52. The zero-order chi connectivity index (χ0) is 20.3. The molecule has 1 saturated heterocycles. The number of ether oxygens (including phenoxy) is 1. The first-order chi connectivity index (χ1) is 13.4. The van der Waals surface area contributed by atoms with Crippen LogP contribution in [0.3, 0.4) is 0 Å². The van der Waals surface area contributed by atoms with E-state index in [4.69, 9.17) is 4.74 Å². The Bertz CT molecular complexity index is 891. The van der Waals surface area contributed by atoms with E-state index >= 15 is 0 Å². The van der Waals surface area contributed by atoms with E-state index in [2.05, 4.69) is 17.2 Å². The predicted octanol–water partition coefficient (Wildman–Crippen LogP) is 3.18. The maximum Gasteiger partial charge on any atom is 0.350 e. The number of nitrogens with zero attached hydrogens (tertiary/aromatic N) is 2. The number of benzene rings is 1. The van der Waals surface area contributed by atoms with Crippen LogP contribution in [-0.2, 0) is 20.7 Å². The molecule has 2 aromatic rings. The van der Waals surface area contributed by atoms with Gasteiger partial charge in [-0.1, -0.05) is 30.4 Å². The number of hydrogen-bond donors (Lipinski definition) is 1. The molecule has 148 valence electrons. The Labute approximate surface area is 167 Å². The molecule has 1 aromatic heterocycles. The summed E-state index contributed by atoms with van der Waals surface area (Å²) in [4.78, 5) is 43.1. The van der Waals surface area contributed by atoms with Gasteiger partial charge in [0.1, 0.15) is 4.88 Å². The Morgan fingerprint density at radius 2 is 2.00 bits per heavy atom. The van der Waals surface area contributed by atoms with Crippen LogP contribution in [0.5, 0.6) is 0 Å². The Balaban J connectivity index is 1.66. The fourth-order valence-electron chi connectivity index (χ4n) is 3.09. The normalized spacial score (nSPS) is 16.3. The molecular weight excluding hydrogens is 378 g/mol. The number of carbonyl (C=O) groups excluding carboxylic acids is 3. The van der Waals surface area contributed by atoms with Crippen molar-refractivity contribution in [1.82, 2.24) is 4.98 Å². The van der Waals surface area contributed by atoms with Crippen molar-refractivity contribution in [1.29, 1.82) is 0 Å². The van der Waals surface area contributed by atoms with Gasteiger partial charge in [0.25, 0.3) is 0 Å². The summed E-state index contributed by atoms with van der Waals surface area (Å²) in [6, 6.07) is 7.80. The van der Waals surface area contributed by atoms with E-state index in [1.807, 2.05) is 24.3 Å². The summed E-state index contributed by atoms with van der Waals surface area (Å²) >= 11 is 1.08. The summed E-state index contributed by atoms with van der Waals surface area (Å²) < 4.78 is 4.99. The van der Waals surface area contributed by atoms with Crippen LogP contribution in [0.4, 0.5) is 10.8 Å². The Morgan fingerprint density at radius 3 is 2.64 bits per heavy atom. The standard InChI is InChI=1S/C20H23N3O4S/c1-4-13-6-8-15(9-7-13)23-11-14(10-16(23)24)18(25)22-20-21-12(3)17(28-20)19(26)27-5-2/h6-9,14H,4-5,10-11H2,1-3H3,(H,21,22,25)/t14-/m1/s1. The minimum atomic E-state index is -0.464. The van der Waals surface area contributed by atoms with Crippen LogP contribution in [0.2, 0.25) is 0 Å². The molecule has 8 heteroatoms. The highest BCUT2D eigenvalue weighted by molar-refractivity contribution is 7.17. The molecule has 1 N–H and O–H groups in total. The van der Waals surface area contributed by atoms with Crippen LogP contribution in [0, 0.1) is 12.8 Å². The number of amides is 2. The summed E-state index contributed by atoms with van der Waals surface area (Å²) in [5, 5.41) is 3.07. The predicted molar refractivity (Wildman–Crippen MR) is 108 cm³/mol. The number of nitrogens with one attached hydrogen (secondary N) is 1. The minimum absolute atomic E-state index is 0.0769. The lowest BCUT2D eigenvalue weighted by molar-refractivity contribution is -0.122. The lowest BCUT2D eigenvalue weighted by Crippen LogP contribution is -2.28. The van der Waals surface area contributed by atoms with Crippen LogP contribution < -0.4 is 10.2 Å². The fraction of sp³-hybridized carbons (Fsp3) is 0.400. The third kappa shape index (κ3) is 4.22. The smallest absolute Gasteiger partial charge is 0.350 e. The van der Waals surface area contributed by atoms with Crippen molar-refractivity contribution in [3.8, 4) is 0 Å². The van der Waals surface area contributed by atoms with Gasteiger partial charge >= 0.3 is 5.97 Å². The number of rotatable bonds is 6. The molecule has 2 heterocycles. The summed E-state index contributed by atoms with van der Waals surface area (Å²) in [6.45, 7) is 6.10. The molecule has 1 atom stereocenters.